The number of amides is 1. The van der Waals surface area contributed by atoms with Crippen molar-refractivity contribution in [1.82, 2.24) is 16.0 Å². The largest absolute Gasteiger partial charge is 0.376 e. The second kappa shape index (κ2) is 11.5. The van der Waals surface area contributed by atoms with E-state index in [1.54, 1.807) is 7.05 Å². The summed E-state index contributed by atoms with van der Waals surface area (Å²) in [4.78, 5) is 16.3. The van der Waals surface area contributed by atoms with E-state index in [1.807, 2.05) is 39.0 Å². The number of rotatable bonds is 10. The van der Waals surface area contributed by atoms with E-state index in [0.717, 1.165) is 6.54 Å². The SMILES string of the molecule is CCNC(=O)C(C)(C)CNC(=NC)NCC(C)COCc1ccccc1. The van der Waals surface area contributed by atoms with Gasteiger partial charge in [0, 0.05) is 26.7 Å². The molecule has 0 aliphatic heterocycles. The Morgan fingerprint density at radius 2 is 1.88 bits per heavy atom. The van der Waals surface area contributed by atoms with Gasteiger partial charge in [-0.25, -0.2) is 0 Å². The van der Waals surface area contributed by atoms with Crippen molar-refractivity contribution in [2.24, 2.45) is 16.3 Å². The lowest BCUT2D eigenvalue weighted by Crippen LogP contribution is -2.48. The first kappa shape index (κ1) is 22.0. The lowest BCUT2D eigenvalue weighted by molar-refractivity contribution is -0.128. The van der Waals surface area contributed by atoms with Gasteiger partial charge in [0.05, 0.1) is 18.6 Å². The summed E-state index contributed by atoms with van der Waals surface area (Å²) in [6.45, 7) is 11.1. The minimum absolute atomic E-state index is 0.0330. The summed E-state index contributed by atoms with van der Waals surface area (Å²) < 4.78 is 5.77. The average Bonchev–Trinajstić information content (AvgIpc) is 2.63. The van der Waals surface area contributed by atoms with Crippen molar-refractivity contribution in [2.75, 3.05) is 33.3 Å². The van der Waals surface area contributed by atoms with Crippen LogP contribution in [0.25, 0.3) is 0 Å². The highest BCUT2D eigenvalue weighted by Gasteiger charge is 2.27. The number of ether oxygens (including phenoxy) is 1. The number of carbonyl (C=O) groups excluding carboxylic acids is 1. The van der Waals surface area contributed by atoms with E-state index in [-0.39, 0.29) is 5.91 Å². The molecular formula is C20H34N4O2. The maximum absolute atomic E-state index is 12.0. The average molecular weight is 363 g/mol. The quantitative estimate of drug-likeness (QED) is 0.440. The molecule has 1 unspecified atom stereocenters. The summed E-state index contributed by atoms with van der Waals surface area (Å²) >= 11 is 0. The van der Waals surface area contributed by atoms with E-state index < -0.39 is 5.41 Å². The van der Waals surface area contributed by atoms with Crippen LogP contribution in [-0.2, 0) is 16.1 Å². The lowest BCUT2D eigenvalue weighted by Gasteiger charge is -2.25. The Kier molecular flexibility index (Phi) is 9.73. The minimum Gasteiger partial charge on any atom is -0.376 e. The fourth-order valence-electron chi connectivity index (χ4n) is 2.29. The summed E-state index contributed by atoms with van der Waals surface area (Å²) in [5.41, 5.74) is 0.677. The summed E-state index contributed by atoms with van der Waals surface area (Å²) in [6, 6.07) is 10.2. The van der Waals surface area contributed by atoms with Gasteiger partial charge >= 0.3 is 0 Å². The van der Waals surface area contributed by atoms with Gasteiger partial charge in [0.15, 0.2) is 5.96 Å². The first-order valence-corrected chi connectivity index (χ1v) is 9.23. The van der Waals surface area contributed by atoms with Gasteiger partial charge in [-0.15, -0.1) is 0 Å². The molecule has 0 radical (unpaired) electrons. The van der Waals surface area contributed by atoms with E-state index in [1.165, 1.54) is 5.56 Å². The van der Waals surface area contributed by atoms with Crippen molar-refractivity contribution in [3.05, 3.63) is 35.9 Å². The highest BCUT2D eigenvalue weighted by molar-refractivity contribution is 5.84. The third-order valence-corrected chi connectivity index (χ3v) is 4.01. The van der Waals surface area contributed by atoms with E-state index in [2.05, 4.69) is 40.0 Å². The van der Waals surface area contributed by atoms with Gasteiger partial charge in [-0.2, -0.15) is 0 Å². The molecule has 6 nitrogen and oxygen atoms in total. The molecule has 0 heterocycles. The molecule has 26 heavy (non-hydrogen) atoms. The van der Waals surface area contributed by atoms with Gasteiger partial charge in [0.2, 0.25) is 5.91 Å². The molecular weight excluding hydrogens is 328 g/mol. The van der Waals surface area contributed by atoms with Crippen LogP contribution in [0.1, 0.15) is 33.3 Å². The van der Waals surface area contributed by atoms with Crippen LogP contribution in [0.3, 0.4) is 0 Å². The van der Waals surface area contributed by atoms with Crippen molar-refractivity contribution < 1.29 is 9.53 Å². The number of benzene rings is 1. The van der Waals surface area contributed by atoms with E-state index >= 15 is 0 Å². The highest BCUT2D eigenvalue weighted by atomic mass is 16.5. The number of hydrogen-bond donors (Lipinski definition) is 3. The van der Waals surface area contributed by atoms with Gasteiger partial charge in [0.25, 0.3) is 0 Å². The zero-order chi connectivity index (χ0) is 19.4. The first-order valence-electron chi connectivity index (χ1n) is 9.23. The Morgan fingerprint density at radius 1 is 1.19 bits per heavy atom. The molecule has 1 atom stereocenters. The van der Waals surface area contributed by atoms with Crippen LogP contribution in [0.5, 0.6) is 0 Å². The predicted octanol–water partition coefficient (Wildman–Crippen LogP) is 2.17. The molecule has 1 amide bonds. The van der Waals surface area contributed by atoms with Gasteiger partial charge in [-0.1, -0.05) is 37.3 Å². The molecule has 0 saturated heterocycles. The molecule has 0 fully saturated rings. The normalized spacial score (nSPS) is 13.2. The fraction of sp³-hybridized carbons (Fsp3) is 0.600. The summed E-state index contributed by atoms with van der Waals surface area (Å²) in [6.07, 6.45) is 0. The molecule has 0 bridgehead atoms. The van der Waals surface area contributed by atoms with Crippen LogP contribution >= 0.6 is 0 Å². The second-order valence-electron chi connectivity index (χ2n) is 7.16. The van der Waals surface area contributed by atoms with E-state index in [9.17, 15) is 4.79 Å². The van der Waals surface area contributed by atoms with Crippen LogP contribution in [0, 0.1) is 11.3 Å². The van der Waals surface area contributed by atoms with Crippen molar-refractivity contribution in [2.45, 2.75) is 34.3 Å². The van der Waals surface area contributed by atoms with Gasteiger partial charge in [-0.3, -0.25) is 9.79 Å². The minimum atomic E-state index is -0.502. The van der Waals surface area contributed by atoms with Crippen LogP contribution in [-0.4, -0.2) is 45.2 Å². The van der Waals surface area contributed by atoms with Gasteiger partial charge in [0.1, 0.15) is 0 Å². The molecule has 1 aromatic rings. The molecule has 0 aliphatic carbocycles. The summed E-state index contributed by atoms with van der Waals surface area (Å²) in [7, 11) is 1.73. The first-order chi connectivity index (χ1) is 12.4. The van der Waals surface area contributed by atoms with Crippen LogP contribution in [0.15, 0.2) is 35.3 Å². The molecule has 3 N–H and O–H groups in total. The Morgan fingerprint density at radius 3 is 2.50 bits per heavy atom. The van der Waals surface area contributed by atoms with Crippen molar-refractivity contribution in [1.29, 1.82) is 0 Å². The molecule has 0 aliphatic rings. The smallest absolute Gasteiger partial charge is 0.227 e. The summed E-state index contributed by atoms with van der Waals surface area (Å²) in [5, 5.41) is 9.37. The molecule has 6 heteroatoms. The molecule has 1 aromatic carbocycles. The van der Waals surface area contributed by atoms with Crippen LogP contribution < -0.4 is 16.0 Å². The topological polar surface area (TPSA) is 74.8 Å². The molecule has 0 aromatic heterocycles. The Bertz CT molecular complexity index is 558. The van der Waals surface area contributed by atoms with Gasteiger partial charge < -0.3 is 20.7 Å². The van der Waals surface area contributed by atoms with Crippen LogP contribution in [0.2, 0.25) is 0 Å². The van der Waals surface area contributed by atoms with Crippen LogP contribution in [0.4, 0.5) is 0 Å². The van der Waals surface area contributed by atoms with Crippen molar-refractivity contribution in [3.8, 4) is 0 Å². The Labute approximate surface area is 157 Å². The number of hydrogen-bond acceptors (Lipinski definition) is 3. The monoisotopic (exact) mass is 362 g/mol. The third kappa shape index (κ3) is 8.34. The number of guanidine groups is 1. The molecule has 146 valence electrons. The molecule has 0 spiro atoms. The lowest BCUT2D eigenvalue weighted by atomic mass is 9.92. The standard InChI is InChI=1S/C20H34N4O2/c1-6-22-18(25)20(3,4)15-24-19(21-5)23-12-16(2)13-26-14-17-10-8-7-9-11-17/h7-11,16H,6,12-15H2,1-5H3,(H,22,25)(H2,21,23,24). The van der Waals surface area contributed by atoms with E-state index in [0.29, 0.717) is 38.2 Å². The number of nitrogens with zero attached hydrogens (tertiary/aromatic N) is 1. The number of nitrogens with one attached hydrogen (secondary N) is 3. The number of aliphatic imine (C=N–C) groups is 1. The maximum Gasteiger partial charge on any atom is 0.227 e. The fourth-order valence-corrected chi connectivity index (χ4v) is 2.29. The van der Waals surface area contributed by atoms with E-state index in [4.69, 9.17) is 4.74 Å². The maximum atomic E-state index is 12.0. The Hall–Kier alpha value is -2.08. The van der Waals surface area contributed by atoms with Crippen molar-refractivity contribution in [3.63, 3.8) is 0 Å². The zero-order valence-electron chi connectivity index (χ0n) is 16.8. The Balaban J connectivity index is 2.29. The molecule has 0 saturated carbocycles. The number of carbonyl (C=O) groups is 1. The third-order valence-electron chi connectivity index (χ3n) is 4.01. The summed E-state index contributed by atoms with van der Waals surface area (Å²) in [5.74, 6) is 1.07. The zero-order valence-corrected chi connectivity index (χ0v) is 16.8. The predicted molar refractivity (Wildman–Crippen MR) is 107 cm³/mol. The van der Waals surface area contributed by atoms with Crippen molar-refractivity contribution >= 4 is 11.9 Å². The van der Waals surface area contributed by atoms with Gasteiger partial charge in [-0.05, 0) is 32.3 Å². The highest BCUT2D eigenvalue weighted by Crippen LogP contribution is 2.13. The second-order valence-corrected chi connectivity index (χ2v) is 7.16. The molecule has 1 rings (SSSR count).